The van der Waals surface area contributed by atoms with E-state index in [-0.39, 0.29) is 5.75 Å². The number of hydrogen-bond donors (Lipinski definition) is 0. The second-order valence-electron chi connectivity index (χ2n) is 4.43. The van der Waals surface area contributed by atoms with E-state index in [0.717, 1.165) is 12.1 Å². The highest BCUT2D eigenvalue weighted by atomic mass is 19.2. The molecule has 2 aromatic rings. The molecule has 0 unspecified atom stereocenters. The van der Waals surface area contributed by atoms with Crippen molar-refractivity contribution in [2.45, 2.75) is 6.61 Å². The lowest BCUT2D eigenvalue weighted by atomic mass is 10.2. The molecule has 0 amide bonds. The van der Waals surface area contributed by atoms with Crippen molar-refractivity contribution in [3.8, 4) is 11.5 Å². The first-order valence-electron chi connectivity index (χ1n) is 6.23. The molecule has 0 spiro atoms. The number of ether oxygens (including phenoxy) is 2. The number of nitro benzene ring substituents is 1. The van der Waals surface area contributed by atoms with Crippen molar-refractivity contribution >= 4 is 5.69 Å². The monoisotopic (exact) mass is 349 g/mol. The first kappa shape index (κ1) is 17.4. The van der Waals surface area contributed by atoms with Gasteiger partial charge < -0.3 is 9.47 Å². The van der Waals surface area contributed by atoms with Crippen molar-refractivity contribution in [3.63, 3.8) is 0 Å². The third-order valence-electron chi connectivity index (χ3n) is 3.04. The van der Waals surface area contributed by atoms with E-state index in [0.29, 0.717) is 0 Å². The first-order chi connectivity index (χ1) is 11.3. The second kappa shape index (κ2) is 6.69. The molecule has 5 nitrogen and oxygen atoms in total. The number of nitro groups is 1. The molecule has 0 atom stereocenters. The number of methoxy groups -OCH3 is 1. The highest BCUT2D eigenvalue weighted by Gasteiger charge is 2.26. The van der Waals surface area contributed by atoms with Gasteiger partial charge in [0.05, 0.1) is 23.7 Å². The first-order valence-corrected chi connectivity index (χ1v) is 6.23. The van der Waals surface area contributed by atoms with Gasteiger partial charge in [-0.1, -0.05) is 0 Å². The van der Waals surface area contributed by atoms with Gasteiger partial charge in [0.2, 0.25) is 5.82 Å². The second-order valence-corrected chi connectivity index (χ2v) is 4.43. The van der Waals surface area contributed by atoms with Gasteiger partial charge in [0.1, 0.15) is 12.4 Å². The fourth-order valence-electron chi connectivity index (χ4n) is 1.82. The molecule has 0 heterocycles. The Hall–Kier alpha value is -2.91. The maximum atomic E-state index is 13.5. The van der Waals surface area contributed by atoms with Gasteiger partial charge in [0.25, 0.3) is 0 Å². The van der Waals surface area contributed by atoms with Gasteiger partial charge in [0, 0.05) is 0 Å². The zero-order valence-electron chi connectivity index (χ0n) is 11.9. The number of benzene rings is 2. The van der Waals surface area contributed by atoms with Crippen molar-refractivity contribution in [3.05, 3.63) is 63.0 Å². The van der Waals surface area contributed by atoms with E-state index in [1.807, 2.05) is 0 Å². The van der Waals surface area contributed by atoms with E-state index in [9.17, 15) is 32.1 Å². The minimum absolute atomic E-state index is 0.116. The predicted octanol–water partition coefficient (Wildman–Crippen LogP) is 3.88. The number of nitrogens with zero attached hydrogens (tertiary/aromatic N) is 1. The van der Waals surface area contributed by atoms with Crippen LogP contribution in [0.15, 0.2) is 18.2 Å². The van der Waals surface area contributed by atoms with Crippen LogP contribution in [0.3, 0.4) is 0 Å². The highest BCUT2D eigenvalue weighted by Crippen LogP contribution is 2.32. The molecule has 0 saturated carbocycles. The molecule has 0 aromatic heterocycles. The lowest BCUT2D eigenvalue weighted by Crippen LogP contribution is -2.10. The fraction of sp³-hybridized carbons (Fsp3) is 0.143. The number of hydrogen-bond acceptors (Lipinski definition) is 4. The Kier molecular flexibility index (Phi) is 4.86. The standard InChI is InChI=1S/C14H8F5NO4/c1-23-6-2-3-9(8(4-6)20(21)22)24-5-7-10(15)12(17)14(19)13(18)11(7)16/h2-4H,5H2,1H3. The van der Waals surface area contributed by atoms with Crippen LogP contribution >= 0.6 is 0 Å². The Bertz CT molecular complexity index is 783. The molecule has 0 saturated heterocycles. The summed E-state index contributed by atoms with van der Waals surface area (Å²) in [5, 5.41) is 10.9. The average Bonchev–Trinajstić information content (AvgIpc) is 2.58. The molecule has 10 heteroatoms. The Morgan fingerprint density at radius 3 is 2.04 bits per heavy atom. The largest absolute Gasteiger partial charge is 0.496 e. The normalized spacial score (nSPS) is 10.6. The van der Waals surface area contributed by atoms with E-state index in [1.54, 1.807) is 0 Å². The van der Waals surface area contributed by atoms with Crippen LogP contribution in [-0.2, 0) is 6.61 Å². The lowest BCUT2D eigenvalue weighted by Gasteiger charge is -2.11. The molecule has 0 N–H and O–H groups in total. The third-order valence-corrected chi connectivity index (χ3v) is 3.04. The van der Waals surface area contributed by atoms with Gasteiger partial charge in [-0.2, -0.15) is 0 Å². The zero-order chi connectivity index (χ0) is 18.0. The van der Waals surface area contributed by atoms with Gasteiger partial charge >= 0.3 is 5.69 Å². The molecule has 24 heavy (non-hydrogen) atoms. The van der Waals surface area contributed by atoms with Crippen LogP contribution in [0.1, 0.15) is 5.56 Å². The summed E-state index contributed by atoms with van der Waals surface area (Å²) in [6.45, 7) is -1.10. The van der Waals surface area contributed by atoms with Crippen molar-refractivity contribution in [2.75, 3.05) is 7.11 Å². The van der Waals surface area contributed by atoms with Crippen molar-refractivity contribution < 1.29 is 36.3 Å². The van der Waals surface area contributed by atoms with Gasteiger partial charge in [-0.05, 0) is 12.1 Å². The Balaban J connectivity index is 2.38. The van der Waals surface area contributed by atoms with Gasteiger partial charge in [-0.15, -0.1) is 0 Å². The Morgan fingerprint density at radius 2 is 1.54 bits per heavy atom. The van der Waals surface area contributed by atoms with E-state index in [2.05, 4.69) is 0 Å². The van der Waals surface area contributed by atoms with E-state index in [1.165, 1.54) is 13.2 Å². The minimum Gasteiger partial charge on any atom is -0.496 e. The number of rotatable bonds is 5. The Morgan fingerprint density at radius 1 is 1.00 bits per heavy atom. The van der Waals surface area contributed by atoms with Crippen LogP contribution in [-0.4, -0.2) is 12.0 Å². The van der Waals surface area contributed by atoms with Crippen LogP contribution in [0.25, 0.3) is 0 Å². The molecule has 0 radical (unpaired) electrons. The predicted molar refractivity (Wildman–Crippen MR) is 70.2 cm³/mol. The van der Waals surface area contributed by atoms with E-state index in [4.69, 9.17) is 9.47 Å². The molecule has 0 aliphatic carbocycles. The van der Waals surface area contributed by atoms with Crippen LogP contribution in [0.2, 0.25) is 0 Å². The van der Waals surface area contributed by atoms with Crippen molar-refractivity contribution in [1.82, 2.24) is 0 Å². The molecule has 0 aliphatic rings. The van der Waals surface area contributed by atoms with Crippen molar-refractivity contribution in [2.24, 2.45) is 0 Å². The fourth-order valence-corrected chi connectivity index (χ4v) is 1.82. The van der Waals surface area contributed by atoms with E-state index < -0.39 is 57.6 Å². The molecule has 0 bridgehead atoms. The molecular formula is C14H8F5NO4. The topological polar surface area (TPSA) is 61.6 Å². The summed E-state index contributed by atoms with van der Waals surface area (Å²) in [7, 11) is 1.26. The number of halogens is 5. The smallest absolute Gasteiger partial charge is 0.314 e. The van der Waals surface area contributed by atoms with Gasteiger partial charge in [-0.25, -0.2) is 22.0 Å². The zero-order valence-corrected chi connectivity index (χ0v) is 11.9. The summed E-state index contributed by atoms with van der Waals surface area (Å²) < 4.78 is 75.8. The molecule has 2 aromatic carbocycles. The third kappa shape index (κ3) is 3.07. The minimum atomic E-state index is -2.30. The highest BCUT2D eigenvalue weighted by molar-refractivity contribution is 5.51. The van der Waals surface area contributed by atoms with Gasteiger partial charge in [0.15, 0.2) is 29.0 Å². The van der Waals surface area contributed by atoms with Crippen LogP contribution in [0.4, 0.5) is 27.6 Å². The van der Waals surface area contributed by atoms with Crippen LogP contribution in [0.5, 0.6) is 11.5 Å². The van der Waals surface area contributed by atoms with E-state index >= 15 is 0 Å². The lowest BCUT2D eigenvalue weighted by molar-refractivity contribution is -0.386. The Labute approximate surface area is 131 Å². The van der Waals surface area contributed by atoms with Gasteiger partial charge in [-0.3, -0.25) is 10.1 Å². The van der Waals surface area contributed by atoms with Crippen LogP contribution in [0, 0.1) is 39.2 Å². The summed E-state index contributed by atoms with van der Waals surface area (Å²) in [4.78, 5) is 10.1. The summed E-state index contributed by atoms with van der Waals surface area (Å²) in [5.41, 5.74) is -1.84. The molecular weight excluding hydrogens is 341 g/mol. The van der Waals surface area contributed by atoms with Crippen molar-refractivity contribution in [1.29, 1.82) is 0 Å². The summed E-state index contributed by atoms with van der Waals surface area (Å²) >= 11 is 0. The SMILES string of the molecule is COc1ccc(OCc2c(F)c(F)c(F)c(F)c2F)c([N+](=O)[O-])c1. The maximum absolute atomic E-state index is 13.5. The maximum Gasteiger partial charge on any atom is 0.314 e. The molecule has 2 rings (SSSR count). The van der Waals surface area contributed by atoms with Crippen LogP contribution < -0.4 is 9.47 Å². The molecule has 0 aliphatic heterocycles. The summed E-state index contributed by atoms with van der Waals surface area (Å²) in [5.74, 6) is -11.0. The summed E-state index contributed by atoms with van der Waals surface area (Å²) in [6, 6.07) is 3.32. The quantitative estimate of drug-likeness (QED) is 0.270. The average molecular weight is 349 g/mol. The molecule has 0 fully saturated rings. The molecule has 128 valence electrons. The summed E-state index contributed by atoms with van der Waals surface area (Å²) in [6.07, 6.45) is 0.